The van der Waals surface area contributed by atoms with E-state index in [1.807, 2.05) is 12.1 Å². The fraction of sp³-hybridized carbons (Fsp3) is 0.571. The minimum absolute atomic E-state index is 0.387. The molecule has 0 radical (unpaired) electrons. The Balaban J connectivity index is 1.80. The monoisotopic (exact) mass is 237 g/mol. The number of hydrogen-bond acceptors (Lipinski definition) is 1. The Morgan fingerprint density at radius 1 is 1.19 bits per heavy atom. The summed E-state index contributed by atoms with van der Waals surface area (Å²) in [4.78, 5) is 0. The van der Waals surface area contributed by atoms with Crippen molar-refractivity contribution in [3.05, 3.63) is 34.9 Å². The first-order valence-corrected chi connectivity index (χ1v) is 6.63. The minimum Gasteiger partial charge on any atom is -0.327 e. The van der Waals surface area contributed by atoms with Crippen molar-refractivity contribution in [1.29, 1.82) is 0 Å². The molecule has 1 aliphatic carbocycles. The maximum atomic E-state index is 6.23. The Morgan fingerprint density at radius 3 is 2.44 bits per heavy atom. The van der Waals surface area contributed by atoms with Gasteiger partial charge in [0, 0.05) is 11.1 Å². The molecule has 0 bridgehead atoms. The van der Waals surface area contributed by atoms with E-state index in [4.69, 9.17) is 17.3 Å². The highest BCUT2D eigenvalue weighted by molar-refractivity contribution is 6.30. The van der Waals surface area contributed by atoms with Gasteiger partial charge in [-0.25, -0.2) is 0 Å². The molecule has 1 saturated carbocycles. The predicted molar refractivity (Wildman–Crippen MR) is 69.7 cm³/mol. The highest BCUT2D eigenvalue weighted by Crippen LogP contribution is 2.28. The molecule has 1 atom stereocenters. The highest BCUT2D eigenvalue weighted by atomic mass is 35.5. The molecule has 1 nitrogen and oxygen atoms in total. The fourth-order valence-electron chi connectivity index (χ4n) is 2.61. The van der Waals surface area contributed by atoms with E-state index in [0.717, 1.165) is 23.8 Å². The Bertz CT molecular complexity index is 314. The molecule has 0 saturated heterocycles. The molecule has 1 aliphatic rings. The van der Waals surface area contributed by atoms with Gasteiger partial charge in [0.1, 0.15) is 0 Å². The number of hydrogen-bond donors (Lipinski definition) is 1. The Labute approximate surface area is 103 Å². The van der Waals surface area contributed by atoms with Gasteiger partial charge in [-0.3, -0.25) is 0 Å². The van der Waals surface area contributed by atoms with E-state index >= 15 is 0 Å². The van der Waals surface area contributed by atoms with Crippen LogP contribution in [0.2, 0.25) is 5.02 Å². The third kappa shape index (κ3) is 3.23. The van der Waals surface area contributed by atoms with Crippen molar-refractivity contribution in [3.8, 4) is 0 Å². The van der Waals surface area contributed by atoms with Crippen LogP contribution in [0.25, 0.3) is 0 Å². The van der Waals surface area contributed by atoms with Crippen LogP contribution in [0.1, 0.15) is 37.7 Å². The number of benzene rings is 1. The van der Waals surface area contributed by atoms with Crippen LogP contribution in [-0.4, -0.2) is 6.04 Å². The zero-order chi connectivity index (χ0) is 11.4. The second-order valence-electron chi connectivity index (χ2n) is 4.87. The number of rotatable bonds is 4. The molecule has 0 aromatic heterocycles. The Morgan fingerprint density at radius 2 is 1.81 bits per heavy atom. The summed E-state index contributed by atoms with van der Waals surface area (Å²) in [5.41, 5.74) is 7.58. The van der Waals surface area contributed by atoms with Crippen LogP contribution in [0, 0.1) is 5.92 Å². The van der Waals surface area contributed by atoms with Crippen molar-refractivity contribution in [2.75, 3.05) is 0 Å². The molecule has 2 N–H and O–H groups in total. The van der Waals surface area contributed by atoms with Crippen LogP contribution in [0.3, 0.4) is 0 Å². The third-order valence-electron chi connectivity index (χ3n) is 3.68. The Hall–Kier alpha value is -0.530. The normalized spacial score (nSPS) is 18.9. The Kier molecular flexibility index (Phi) is 4.25. The molecular formula is C14H20ClN. The van der Waals surface area contributed by atoms with Crippen molar-refractivity contribution in [2.24, 2.45) is 11.7 Å². The van der Waals surface area contributed by atoms with E-state index < -0.39 is 0 Å². The number of nitrogens with two attached hydrogens (primary N) is 1. The maximum Gasteiger partial charge on any atom is 0.0406 e. The highest BCUT2D eigenvalue weighted by Gasteiger charge is 2.21. The van der Waals surface area contributed by atoms with Crippen molar-refractivity contribution < 1.29 is 0 Å². The van der Waals surface area contributed by atoms with Gasteiger partial charge in [-0.15, -0.1) is 0 Å². The average molecular weight is 238 g/mol. The molecule has 0 amide bonds. The van der Waals surface area contributed by atoms with E-state index in [2.05, 4.69) is 12.1 Å². The summed E-state index contributed by atoms with van der Waals surface area (Å²) in [5, 5.41) is 0.809. The van der Waals surface area contributed by atoms with Gasteiger partial charge >= 0.3 is 0 Å². The molecule has 1 fully saturated rings. The second-order valence-corrected chi connectivity index (χ2v) is 5.31. The summed E-state index contributed by atoms with van der Waals surface area (Å²) in [6.45, 7) is 0. The first-order chi connectivity index (χ1) is 7.75. The minimum atomic E-state index is 0.387. The van der Waals surface area contributed by atoms with Crippen LogP contribution in [-0.2, 0) is 6.42 Å². The summed E-state index contributed by atoms with van der Waals surface area (Å²) in [6.07, 6.45) is 7.60. The van der Waals surface area contributed by atoms with Gasteiger partial charge in [0.2, 0.25) is 0 Å². The van der Waals surface area contributed by atoms with E-state index in [1.54, 1.807) is 0 Å². The van der Waals surface area contributed by atoms with E-state index in [9.17, 15) is 0 Å². The summed E-state index contributed by atoms with van der Waals surface area (Å²) < 4.78 is 0. The topological polar surface area (TPSA) is 26.0 Å². The van der Waals surface area contributed by atoms with Crippen LogP contribution in [0.4, 0.5) is 0 Å². The fourth-order valence-corrected chi connectivity index (χ4v) is 2.73. The van der Waals surface area contributed by atoms with Crippen LogP contribution in [0.5, 0.6) is 0 Å². The molecule has 16 heavy (non-hydrogen) atoms. The molecule has 0 heterocycles. The summed E-state index contributed by atoms with van der Waals surface area (Å²) in [6, 6.07) is 8.50. The van der Waals surface area contributed by atoms with Crippen LogP contribution >= 0.6 is 11.6 Å². The molecule has 2 heteroatoms. The van der Waals surface area contributed by atoms with Gasteiger partial charge in [-0.05, 0) is 49.3 Å². The molecule has 0 aliphatic heterocycles. The van der Waals surface area contributed by atoms with Gasteiger partial charge in [-0.1, -0.05) is 36.6 Å². The van der Waals surface area contributed by atoms with Crippen LogP contribution < -0.4 is 5.73 Å². The first kappa shape index (κ1) is 11.9. The molecule has 0 spiro atoms. The zero-order valence-corrected chi connectivity index (χ0v) is 10.4. The van der Waals surface area contributed by atoms with E-state index in [-0.39, 0.29) is 0 Å². The lowest BCUT2D eigenvalue weighted by atomic mass is 9.93. The van der Waals surface area contributed by atoms with Gasteiger partial charge < -0.3 is 5.73 Å². The number of aryl methyl sites for hydroxylation is 1. The quantitative estimate of drug-likeness (QED) is 0.847. The van der Waals surface area contributed by atoms with Gasteiger partial charge in [0.15, 0.2) is 0 Å². The molecular weight excluding hydrogens is 218 g/mol. The maximum absolute atomic E-state index is 6.23. The zero-order valence-electron chi connectivity index (χ0n) is 9.66. The standard InChI is InChI=1S/C14H20ClN/c15-13-8-5-11(6-9-13)7-10-14(16)12-3-1-2-4-12/h5-6,8-9,12,14H,1-4,7,10,16H2. The smallest absolute Gasteiger partial charge is 0.0406 e. The number of halogens is 1. The van der Waals surface area contributed by atoms with E-state index in [1.165, 1.54) is 31.2 Å². The predicted octanol–water partition coefficient (Wildman–Crippen LogP) is 3.79. The third-order valence-corrected chi connectivity index (χ3v) is 3.94. The SMILES string of the molecule is NC(CCc1ccc(Cl)cc1)C1CCCC1. The lowest BCUT2D eigenvalue weighted by molar-refractivity contribution is 0.410. The summed E-state index contributed by atoms with van der Waals surface area (Å²) in [5.74, 6) is 0.771. The van der Waals surface area contributed by atoms with Gasteiger partial charge in [0.25, 0.3) is 0 Å². The lowest BCUT2D eigenvalue weighted by Crippen LogP contribution is -2.28. The second kappa shape index (κ2) is 5.70. The van der Waals surface area contributed by atoms with E-state index in [0.29, 0.717) is 6.04 Å². The van der Waals surface area contributed by atoms with Crippen molar-refractivity contribution in [1.82, 2.24) is 0 Å². The first-order valence-electron chi connectivity index (χ1n) is 6.26. The largest absolute Gasteiger partial charge is 0.327 e. The lowest BCUT2D eigenvalue weighted by Gasteiger charge is -2.18. The molecule has 1 unspecified atom stereocenters. The van der Waals surface area contributed by atoms with Gasteiger partial charge in [0.05, 0.1) is 0 Å². The molecule has 1 aromatic carbocycles. The average Bonchev–Trinajstić information content (AvgIpc) is 2.81. The molecule has 2 rings (SSSR count). The summed E-state index contributed by atoms with van der Waals surface area (Å²) in [7, 11) is 0. The molecule has 1 aromatic rings. The van der Waals surface area contributed by atoms with Gasteiger partial charge in [-0.2, -0.15) is 0 Å². The molecule has 88 valence electrons. The van der Waals surface area contributed by atoms with Crippen molar-refractivity contribution in [3.63, 3.8) is 0 Å². The summed E-state index contributed by atoms with van der Waals surface area (Å²) >= 11 is 5.85. The van der Waals surface area contributed by atoms with Crippen LogP contribution in [0.15, 0.2) is 24.3 Å². The van der Waals surface area contributed by atoms with Crippen molar-refractivity contribution in [2.45, 2.75) is 44.6 Å². The van der Waals surface area contributed by atoms with Crippen molar-refractivity contribution >= 4 is 11.6 Å².